The fourth-order valence-electron chi connectivity index (χ4n) is 2.08. The molecule has 0 bridgehead atoms. The quantitative estimate of drug-likeness (QED) is 0.578. The number of rotatable bonds is 6. The maximum atomic E-state index is 11.0. The van der Waals surface area contributed by atoms with Gasteiger partial charge in [-0.25, -0.2) is 0 Å². The lowest BCUT2D eigenvalue weighted by molar-refractivity contribution is -0.144. The molecule has 0 aromatic carbocycles. The number of ether oxygens (including phenoxy) is 2. The van der Waals surface area contributed by atoms with Crippen LogP contribution in [0.15, 0.2) is 0 Å². The summed E-state index contributed by atoms with van der Waals surface area (Å²) in [6, 6.07) is 0. The molecule has 1 aliphatic carbocycles. The molecule has 4 nitrogen and oxygen atoms in total. The number of hydrogen-bond donors (Lipinski definition) is 2. The lowest BCUT2D eigenvalue weighted by Crippen LogP contribution is -2.24. The first-order valence-electron chi connectivity index (χ1n) is 6.18. The second-order valence-corrected chi connectivity index (χ2v) is 5.20. The van der Waals surface area contributed by atoms with Gasteiger partial charge in [-0.1, -0.05) is 0 Å². The Morgan fingerprint density at radius 3 is 1.44 bits per heavy atom. The molecule has 1 rings (SSSR count). The lowest BCUT2D eigenvalue weighted by Gasteiger charge is -2.27. The number of thiol groups is 2. The Bertz CT molecular complexity index is 247. The second kappa shape index (κ2) is 8.69. The van der Waals surface area contributed by atoms with Crippen LogP contribution in [0.1, 0.15) is 25.7 Å². The van der Waals surface area contributed by atoms with E-state index in [1.165, 1.54) is 0 Å². The third kappa shape index (κ3) is 6.00. The highest BCUT2D eigenvalue weighted by Gasteiger charge is 2.23. The van der Waals surface area contributed by atoms with Crippen molar-refractivity contribution in [3.05, 3.63) is 0 Å². The molecular formula is C12H20O4S2. The van der Waals surface area contributed by atoms with E-state index in [-0.39, 0.29) is 23.4 Å². The molecule has 0 saturated heterocycles. The minimum Gasteiger partial charge on any atom is -0.465 e. The van der Waals surface area contributed by atoms with Gasteiger partial charge in [0.15, 0.2) is 0 Å². The SMILES string of the molecule is O=C(CS)OCC1CCC(COC(=O)CS)CC1. The van der Waals surface area contributed by atoms with Gasteiger partial charge in [0.2, 0.25) is 0 Å². The van der Waals surface area contributed by atoms with Gasteiger partial charge < -0.3 is 9.47 Å². The summed E-state index contributed by atoms with van der Waals surface area (Å²) in [5.41, 5.74) is 0. The molecule has 1 saturated carbocycles. The van der Waals surface area contributed by atoms with Crippen molar-refractivity contribution in [2.75, 3.05) is 24.7 Å². The molecule has 1 fully saturated rings. The van der Waals surface area contributed by atoms with E-state index in [2.05, 4.69) is 25.3 Å². The second-order valence-electron chi connectivity index (χ2n) is 4.57. The van der Waals surface area contributed by atoms with Crippen LogP contribution in [-0.4, -0.2) is 36.7 Å². The Balaban J connectivity index is 2.12. The minimum absolute atomic E-state index is 0.134. The van der Waals surface area contributed by atoms with Gasteiger partial charge in [0.1, 0.15) is 0 Å². The van der Waals surface area contributed by atoms with E-state index in [1.54, 1.807) is 0 Å². The first-order chi connectivity index (χ1) is 8.65. The van der Waals surface area contributed by atoms with Crippen LogP contribution >= 0.6 is 25.3 Å². The summed E-state index contributed by atoms with van der Waals surface area (Å²) in [5, 5.41) is 0. The molecule has 6 heteroatoms. The number of hydrogen-bond acceptors (Lipinski definition) is 6. The predicted octanol–water partition coefficient (Wildman–Crippen LogP) is 1.74. The summed E-state index contributed by atoms with van der Waals surface area (Å²) >= 11 is 7.71. The van der Waals surface area contributed by atoms with E-state index in [9.17, 15) is 9.59 Å². The van der Waals surface area contributed by atoms with Gasteiger partial charge in [0.05, 0.1) is 24.7 Å². The summed E-state index contributed by atoms with van der Waals surface area (Å²) in [6.45, 7) is 0.977. The number of esters is 2. The van der Waals surface area contributed by atoms with Gasteiger partial charge in [-0.3, -0.25) is 9.59 Å². The van der Waals surface area contributed by atoms with E-state index in [1.807, 2.05) is 0 Å². The van der Waals surface area contributed by atoms with E-state index in [0.717, 1.165) is 25.7 Å². The van der Waals surface area contributed by atoms with Gasteiger partial charge in [-0.2, -0.15) is 25.3 Å². The van der Waals surface area contributed by atoms with Crippen molar-refractivity contribution in [3.8, 4) is 0 Å². The topological polar surface area (TPSA) is 52.6 Å². The maximum Gasteiger partial charge on any atom is 0.315 e. The number of carbonyl (C=O) groups excluding carboxylic acids is 2. The van der Waals surface area contributed by atoms with Crippen LogP contribution in [0.4, 0.5) is 0 Å². The Morgan fingerprint density at radius 1 is 0.833 bits per heavy atom. The molecular weight excluding hydrogens is 272 g/mol. The zero-order valence-electron chi connectivity index (χ0n) is 10.3. The lowest BCUT2D eigenvalue weighted by atomic mass is 9.83. The zero-order chi connectivity index (χ0) is 13.4. The smallest absolute Gasteiger partial charge is 0.315 e. The third-order valence-electron chi connectivity index (χ3n) is 3.18. The van der Waals surface area contributed by atoms with Gasteiger partial charge >= 0.3 is 11.9 Å². The monoisotopic (exact) mass is 292 g/mol. The fourth-order valence-corrected chi connectivity index (χ4v) is 2.26. The van der Waals surface area contributed by atoms with Gasteiger partial charge in [0.25, 0.3) is 0 Å². The Labute approximate surface area is 119 Å². The summed E-state index contributed by atoms with van der Waals surface area (Å²) in [6.07, 6.45) is 4.07. The predicted molar refractivity (Wildman–Crippen MR) is 75.1 cm³/mol. The molecule has 0 amide bonds. The Morgan fingerprint density at radius 2 is 1.17 bits per heavy atom. The summed E-state index contributed by atoms with van der Waals surface area (Å²) in [7, 11) is 0. The fraction of sp³-hybridized carbons (Fsp3) is 0.833. The standard InChI is InChI=1S/C12H20O4S2/c13-11(7-17)15-5-9-1-2-10(4-3-9)6-16-12(14)8-18/h9-10,17-18H,1-8H2. The van der Waals surface area contributed by atoms with Crippen LogP contribution in [0.5, 0.6) is 0 Å². The first-order valence-corrected chi connectivity index (χ1v) is 7.45. The van der Waals surface area contributed by atoms with Crippen LogP contribution in [0.25, 0.3) is 0 Å². The number of carbonyl (C=O) groups is 2. The molecule has 18 heavy (non-hydrogen) atoms. The van der Waals surface area contributed by atoms with Crippen molar-refractivity contribution < 1.29 is 19.1 Å². The minimum atomic E-state index is -0.261. The average Bonchev–Trinajstić information content (AvgIpc) is 2.43. The molecule has 0 spiro atoms. The molecule has 0 aliphatic heterocycles. The van der Waals surface area contributed by atoms with E-state index in [0.29, 0.717) is 25.0 Å². The third-order valence-corrected chi connectivity index (χ3v) is 3.70. The van der Waals surface area contributed by atoms with E-state index >= 15 is 0 Å². The first kappa shape index (κ1) is 15.7. The van der Waals surface area contributed by atoms with Crippen molar-refractivity contribution in [1.82, 2.24) is 0 Å². The van der Waals surface area contributed by atoms with E-state index in [4.69, 9.17) is 9.47 Å². The highest BCUT2D eigenvalue weighted by atomic mass is 32.1. The van der Waals surface area contributed by atoms with Crippen LogP contribution < -0.4 is 0 Å². The molecule has 0 radical (unpaired) electrons. The van der Waals surface area contributed by atoms with Gasteiger partial charge in [-0.05, 0) is 37.5 Å². The van der Waals surface area contributed by atoms with Crippen molar-refractivity contribution in [2.24, 2.45) is 11.8 Å². The summed E-state index contributed by atoms with van der Waals surface area (Å²) in [4.78, 5) is 21.9. The van der Waals surface area contributed by atoms with E-state index < -0.39 is 0 Å². The summed E-state index contributed by atoms with van der Waals surface area (Å²) in [5.74, 6) is 0.618. The normalized spacial score (nSPS) is 23.4. The molecule has 0 N–H and O–H groups in total. The van der Waals surface area contributed by atoms with Gasteiger partial charge in [-0.15, -0.1) is 0 Å². The Kier molecular flexibility index (Phi) is 7.58. The van der Waals surface area contributed by atoms with Gasteiger partial charge in [0, 0.05) is 0 Å². The largest absolute Gasteiger partial charge is 0.465 e. The van der Waals surface area contributed by atoms with Crippen LogP contribution in [0.3, 0.4) is 0 Å². The molecule has 0 atom stereocenters. The van der Waals surface area contributed by atoms with Crippen LogP contribution in [-0.2, 0) is 19.1 Å². The average molecular weight is 292 g/mol. The summed E-state index contributed by atoms with van der Waals surface area (Å²) < 4.78 is 10.1. The molecule has 0 unspecified atom stereocenters. The van der Waals surface area contributed by atoms with Crippen molar-refractivity contribution in [1.29, 1.82) is 0 Å². The molecule has 104 valence electrons. The van der Waals surface area contributed by atoms with Crippen LogP contribution in [0, 0.1) is 11.8 Å². The maximum absolute atomic E-state index is 11.0. The molecule has 0 heterocycles. The molecule has 0 aromatic rings. The Hall–Kier alpha value is -0.360. The van der Waals surface area contributed by atoms with Crippen molar-refractivity contribution in [2.45, 2.75) is 25.7 Å². The van der Waals surface area contributed by atoms with Crippen molar-refractivity contribution >= 4 is 37.2 Å². The van der Waals surface area contributed by atoms with Crippen LogP contribution in [0.2, 0.25) is 0 Å². The molecule has 0 aromatic heterocycles. The van der Waals surface area contributed by atoms with Crippen molar-refractivity contribution in [3.63, 3.8) is 0 Å². The highest BCUT2D eigenvalue weighted by Crippen LogP contribution is 2.29. The zero-order valence-corrected chi connectivity index (χ0v) is 12.1. The highest BCUT2D eigenvalue weighted by molar-refractivity contribution is 7.81. The molecule has 1 aliphatic rings.